The molecule has 3 N–H and O–H groups in total. The van der Waals surface area contributed by atoms with Crippen LogP contribution < -0.4 is 0 Å². The lowest BCUT2D eigenvalue weighted by Crippen LogP contribution is -2.54. The van der Waals surface area contributed by atoms with Crippen LogP contribution in [0.15, 0.2) is 0 Å². The second kappa shape index (κ2) is 21.6. The summed E-state index contributed by atoms with van der Waals surface area (Å²) in [5.41, 5.74) is -0.243. The topological polar surface area (TPSA) is 168 Å². The average molecular weight is 619 g/mol. The van der Waals surface area contributed by atoms with E-state index in [-0.39, 0.29) is 42.3 Å². The molecule has 0 aromatic carbocycles. The predicted octanol–water partition coefficient (Wildman–Crippen LogP) is 0.189. The molecule has 0 spiro atoms. The van der Waals surface area contributed by atoms with Gasteiger partial charge in [-0.3, -0.25) is 14.6 Å². The summed E-state index contributed by atoms with van der Waals surface area (Å²) in [4.78, 5) is 54.4. The van der Waals surface area contributed by atoms with Crippen molar-refractivity contribution in [3.05, 3.63) is 0 Å². The van der Waals surface area contributed by atoms with E-state index < -0.39 is 24.4 Å². The van der Waals surface area contributed by atoms with E-state index in [0.29, 0.717) is 19.6 Å². The molecule has 0 amide bonds. The van der Waals surface area contributed by atoms with Crippen molar-refractivity contribution in [1.29, 1.82) is 0 Å². The molecule has 252 valence electrons. The van der Waals surface area contributed by atoms with E-state index in [1.807, 2.05) is 20.8 Å². The van der Waals surface area contributed by atoms with Crippen LogP contribution in [0.3, 0.4) is 0 Å². The third-order valence-electron chi connectivity index (χ3n) is 6.33. The summed E-state index contributed by atoms with van der Waals surface area (Å²) in [6.07, 6.45) is -0.532. The van der Waals surface area contributed by atoms with Gasteiger partial charge in [-0.15, -0.1) is 0 Å². The van der Waals surface area contributed by atoms with Crippen LogP contribution in [-0.2, 0) is 28.7 Å². The van der Waals surface area contributed by atoms with Crippen LogP contribution in [0.5, 0.6) is 0 Å². The number of carbonyl (C=O) groups excluding carboxylic acids is 5. The van der Waals surface area contributed by atoms with Gasteiger partial charge in [0.25, 0.3) is 0 Å². The number of carbonyl (C=O) groups is 1. The lowest BCUT2D eigenvalue weighted by Gasteiger charge is -2.40. The van der Waals surface area contributed by atoms with Gasteiger partial charge in [-0.1, -0.05) is 41.5 Å². The Morgan fingerprint density at radius 2 is 1.02 bits per heavy atom. The average Bonchev–Trinajstić information content (AvgIpc) is 2.83. The fourth-order valence-electron chi connectivity index (χ4n) is 4.86. The zero-order valence-electron chi connectivity index (χ0n) is 27.9. The highest BCUT2D eigenvalue weighted by molar-refractivity contribution is 5.72. The molecule has 1 aliphatic heterocycles. The van der Waals surface area contributed by atoms with Crippen molar-refractivity contribution in [1.82, 2.24) is 19.6 Å². The van der Waals surface area contributed by atoms with Crippen molar-refractivity contribution in [3.8, 4) is 0 Å². The lowest BCUT2D eigenvalue weighted by molar-refractivity contribution is -0.193. The van der Waals surface area contributed by atoms with Gasteiger partial charge in [-0.25, -0.2) is 0 Å². The second-order valence-electron chi connectivity index (χ2n) is 14.2. The maximum Gasteiger partial charge on any atom is 0.373 e. The fraction of sp³-hybridized carbons (Fsp3) is 0.900. The number of nitrogens with zero attached hydrogens (tertiary/aromatic N) is 4. The molecule has 1 fully saturated rings. The lowest BCUT2D eigenvalue weighted by atomic mass is 9.95. The van der Waals surface area contributed by atoms with Gasteiger partial charge < -0.3 is 29.9 Å². The molecule has 1 rings (SSSR count). The van der Waals surface area contributed by atoms with E-state index in [2.05, 4.69) is 61.1 Å². The molecule has 2 unspecified atom stereocenters. The minimum absolute atomic E-state index is 0.141. The molecule has 0 saturated carbocycles. The van der Waals surface area contributed by atoms with Crippen LogP contribution in [0.25, 0.3) is 0 Å². The number of hydrogen-bond donors (Lipinski definition) is 3. The third-order valence-corrected chi connectivity index (χ3v) is 6.33. The van der Waals surface area contributed by atoms with Gasteiger partial charge in [-0.2, -0.15) is 19.2 Å². The third kappa shape index (κ3) is 24.0. The van der Waals surface area contributed by atoms with Crippen molar-refractivity contribution in [3.63, 3.8) is 0 Å². The highest BCUT2D eigenvalue weighted by atomic mass is 16.6. The molecule has 13 heteroatoms. The Labute approximate surface area is 258 Å². The SMILES string of the molecule is CC(C)(C)CN1CCN(CC(=O)OC(C)(C)C)CCN(C(CO)C(O)CO)CCN(CC(C)(C)C)CC1.O=C=O.O=C=O. The van der Waals surface area contributed by atoms with E-state index in [1.54, 1.807) is 0 Å². The molecular formula is C30H58N4O9. The first kappa shape index (κ1) is 43.1. The van der Waals surface area contributed by atoms with Crippen molar-refractivity contribution in [2.75, 3.05) is 85.2 Å². The first-order valence-corrected chi connectivity index (χ1v) is 14.8. The van der Waals surface area contributed by atoms with Crippen molar-refractivity contribution < 1.29 is 44.0 Å². The molecule has 13 nitrogen and oxygen atoms in total. The van der Waals surface area contributed by atoms with Crippen LogP contribution in [0.1, 0.15) is 62.3 Å². The van der Waals surface area contributed by atoms with Crippen LogP contribution in [-0.4, -0.2) is 156 Å². The zero-order valence-corrected chi connectivity index (χ0v) is 27.9. The largest absolute Gasteiger partial charge is 0.459 e. The molecule has 0 aliphatic carbocycles. The van der Waals surface area contributed by atoms with E-state index in [9.17, 15) is 20.1 Å². The normalized spacial score (nSPS) is 18.6. The van der Waals surface area contributed by atoms with Crippen LogP contribution in [0, 0.1) is 10.8 Å². The maximum absolute atomic E-state index is 12.7. The zero-order chi connectivity index (χ0) is 33.9. The monoisotopic (exact) mass is 618 g/mol. The van der Waals surface area contributed by atoms with Gasteiger partial charge in [0, 0.05) is 65.4 Å². The van der Waals surface area contributed by atoms with E-state index >= 15 is 0 Å². The number of hydrogen-bond acceptors (Lipinski definition) is 13. The van der Waals surface area contributed by atoms with E-state index in [1.165, 1.54) is 0 Å². The molecule has 1 saturated heterocycles. The Hall–Kier alpha value is -2.05. The number of aliphatic hydroxyl groups excluding tert-OH is 3. The Kier molecular flexibility index (Phi) is 21.7. The smallest absolute Gasteiger partial charge is 0.373 e. The Morgan fingerprint density at radius 3 is 1.35 bits per heavy atom. The van der Waals surface area contributed by atoms with Crippen LogP contribution >= 0.6 is 0 Å². The van der Waals surface area contributed by atoms with Gasteiger partial charge in [0.2, 0.25) is 0 Å². The number of ether oxygens (including phenoxy) is 1. The molecule has 0 radical (unpaired) electrons. The summed E-state index contributed by atoms with van der Waals surface area (Å²) in [5.74, 6) is -0.251. The summed E-state index contributed by atoms with van der Waals surface area (Å²) >= 11 is 0. The van der Waals surface area contributed by atoms with Crippen molar-refractivity contribution in [2.45, 2.75) is 80.1 Å². The molecule has 43 heavy (non-hydrogen) atoms. The molecule has 1 heterocycles. The van der Waals surface area contributed by atoms with Gasteiger partial charge in [0.1, 0.15) is 5.60 Å². The Balaban J connectivity index is 0. The van der Waals surface area contributed by atoms with Gasteiger partial charge in [0.15, 0.2) is 0 Å². The van der Waals surface area contributed by atoms with E-state index in [4.69, 9.17) is 23.9 Å². The molecule has 0 bridgehead atoms. The standard InChI is InChI=1S/C28H58N4O5.2CO2/c1-26(2,3)21-30-11-10-29(18-25(36)37-28(7,8)9)14-16-32(23(19-33)24(35)20-34)17-15-31(13-12-30)22-27(4,5)6;2*2-1-3/h23-24,33-35H,10-22H2,1-9H3;;. The molecule has 0 aromatic rings. The maximum atomic E-state index is 12.7. The van der Waals surface area contributed by atoms with Crippen LogP contribution in [0.4, 0.5) is 0 Å². The predicted molar refractivity (Wildman–Crippen MR) is 160 cm³/mol. The van der Waals surface area contributed by atoms with E-state index in [0.717, 1.165) is 45.8 Å². The Morgan fingerprint density at radius 1 is 0.674 bits per heavy atom. The molecule has 0 aromatic heterocycles. The summed E-state index contributed by atoms with van der Waals surface area (Å²) in [7, 11) is 0. The minimum atomic E-state index is -1.03. The summed E-state index contributed by atoms with van der Waals surface area (Å²) in [6.45, 7) is 26.6. The first-order valence-electron chi connectivity index (χ1n) is 14.8. The quantitative estimate of drug-likeness (QED) is 0.316. The minimum Gasteiger partial charge on any atom is -0.459 e. The highest BCUT2D eigenvalue weighted by Crippen LogP contribution is 2.18. The molecule has 2 atom stereocenters. The van der Waals surface area contributed by atoms with Crippen molar-refractivity contribution in [2.24, 2.45) is 10.8 Å². The number of rotatable bonds is 8. The summed E-state index contributed by atoms with van der Waals surface area (Å²) in [6, 6.07) is -0.565. The van der Waals surface area contributed by atoms with Crippen molar-refractivity contribution >= 4 is 18.3 Å². The summed E-state index contributed by atoms with van der Waals surface area (Å²) in [5, 5.41) is 30.1. The molecular weight excluding hydrogens is 560 g/mol. The highest BCUT2D eigenvalue weighted by Gasteiger charge is 2.29. The molecule has 1 aliphatic rings. The number of aliphatic hydroxyl groups is 3. The number of esters is 1. The fourth-order valence-corrected chi connectivity index (χ4v) is 4.86. The van der Waals surface area contributed by atoms with Gasteiger partial charge >= 0.3 is 18.3 Å². The van der Waals surface area contributed by atoms with Crippen LogP contribution in [0.2, 0.25) is 0 Å². The first-order chi connectivity index (χ1) is 19.7. The second-order valence-corrected chi connectivity index (χ2v) is 14.2. The van der Waals surface area contributed by atoms with Gasteiger partial charge in [0.05, 0.1) is 31.9 Å². The Bertz CT molecular complexity index is 813. The van der Waals surface area contributed by atoms with Gasteiger partial charge in [-0.05, 0) is 31.6 Å². The summed E-state index contributed by atoms with van der Waals surface area (Å²) < 4.78 is 5.60.